The summed E-state index contributed by atoms with van der Waals surface area (Å²) in [5.74, 6) is 2.75. The molecule has 0 fully saturated rings. The van der Waals surface area contributed by atoms with Crippen molar-refractivity contribution in [3.05, 3.63) is 11.5 Å². The smallest absolute Gasteiger partial charge is 0.126 e. The van der Waals surface area contributed by atoms with Crippen LogP contribution in [0.5, 0.6) is 0 Å². The average molecular weight is 277 g/mol. The number of fused-ring (bicyclic) bond motifs is 1. The summed E-state index contributed by atoms with van der Waals surface area (Å²) in [6.07, 6.45) is 13.0. The maximum Gasteiger partial charge on any atom is 0.126 e. The van der Waals surface area contributed by atoms with Crippen LogP contribution in [0.25, 0.3) is 0 Å². The van der Waals surface area contributed by atoms with Gasteiger partial charge in [0.25, 0.3) is 0 Å². The van der Waals surface area contributed by atoms with Gasteiger partial charge in [-0.05, 0) is 25.7 Å². The maximum atomic E-state index is 6.27. The van der Waals surface area contributed by atoms with E-state index in [0.717, 1.165) is 24.5 Å². The van der Waals surface area contributed by atoms with E-state index in [4.69, 9.17) is 10.7 Å². The SMILES string of the molecule is CCCCCCCCCc1nc2n(c1N)CCCC2C. The number of nitrogen functional groups attached to an aromatic ring is 1. The van der Waals surface area contributed by atoms with E-state index in [-0.39, 0.29) is 0 Å². The Morgan fingerprint density at radius 1 is 1.15 bits per heavy atom. The molecule has 0 radical (unpaired) electrons. The zero-order valence-corrected chi connectivity index (χ0v) is 13.3. The van der Waals surface area contributed by atoms with E-state index >= 15 is 0 Å². The number of imidazole rings is 1. The first-order valence-electron chi connectivity index (χ1n) is 8.58. The number of nitrogens with two attached hydrogens (primary N) is 1. The van der Waals surface area contributed by atoms with Crippen LogP contribution in [-0.2, 0) is 13.0 Å². The highest BCUT2D eigenvalue weighted by Gasteiger charge is 2.22. The van der Waals surface area contributed by atoms with Gasteiger partial charge < -0.3 is 10.3 Å². The summed E-state index contributed by atoms with van der Waals surface area (Å²) in [5, 5.41) is 0. The Labute approximate surface area is 124 Å². The van der Waals surface area contributed by atoms with Crippen molar-refractivity contribution in [2.24, 2.45) is 0 Å². The van der Waals surface area contributed by atoms with E-state index in [0.29, 0.717) is 5.92 Å². The molecule has 0 bridgehead atoms. The first-order valence-corrected chi connectivity index (χ1v) is 8.58. The molecule has 0 aliphatic carbocycles. The fourth-order valence-corrected chi connectivity index (χ4v) is 3.26. The summed E-state index contributed by atoms with van der Waals surface area (Å²) < 4.78 is 2.25. The fourth-order valence-electron chi connectivity index (χ4n) is 3.26. The quantitative estimate of drug-likeness (QED) is 0.702. The molecule has 2 heterocycles. The predicted octanol–water partition coefficient (Wildman–Crippen LogP) is 4.66. The molecular formula is C17H31N3. The lowest BCUT2D eigenvalue weighted by Gasteiger charge is -2.20. The highest BCUT2D eigenvalue weighted by Crippen LogP contribution is 2.30. The summed E-state index contributed by atoms with van der Waals surface area (Å²) in [4.78, 5) is 4.82. The van der Waals surface area contributed by atoms with Crippen LogP contribution in [-0.4, -0.2) is 9.55 Å². The minimum Gasteiger partial charge on any atom is -0.384 e. The number of hydrogen-bond acceptors (Lipinski definition) is 2. The van der Waals surface area contributed by atoms with Crippen LogP contribution in [0.3, 0.4) is 0 Å². The number of aryl methyl sites for hydroxylation is 1. The molecule has 1 aromatic rings. The third kappa shape index (κ3) is 3.77. The van der Waals surface area contributed by atoms with Gasteiger partial charge in [0, 0.05) is 12.5 Å². The maximum absolute atomic E-state index is 6.27. The molecule has 2 rings (SSSR count). The average Bonchev–Trinajstić information content (AvgIpc) is 2.77. The van der Waals surface area contributed by atoms with Crippen LogP contribution >= 0.6 is 0 Å². The lowest BCUT2D eigenvalue weighted by Crippen LogP contribution is -2.15. The van der Waals surface area contributed by atoms with Gasteiger partial charge in [0.15, 0.2) is 0 Å². The molecule has 0 amide bonds. The Balaban J connectivity index is 1.76. The first-order chi connectivity index (χ1) is 9.74. The summed E-state index contributed by atoms with van der Waals surface area (Å²) in [6.45, 7) is 5.61. The number of hydrogen-bond donors (Lipinski definition) is 1. The standard InChI is InChI=1S/C17H31N3/c1-3-4-5-6-7-8-9-12-15-16(18)20-13-10-11-14(2)17(20)19-15/h14H,3-13,18H2,1-2H3. The van der Waals surface area contributed by atoms with Crippen molar-refractivity contribution in [2.75, 3.05) is 5.73 Å². The normalized spacial score (nSPS) is 18.2. The molecule has 3 heteroatoms. The van der Waals surface area contributed by atoms with Gasteiger partial charge in [0.05, 0.1) is 5.69 Å². The van der Waals surface area contributed by atoms with Crippen molar-refractivity contribution in [2.45, 2.75) is 90.5 Å². The zero-order valence-electron chi connectivity index (χ0n) is 13.3. The number of unbranched alkanes of at least 4 members (excludes halogenated alkanes) is 6. The summed E-state index contributed by atoms with van der Waals surface area (Å²) in [7, 11) is 0. The number of anilines is 1. The summed E-state index contributed by atoms with van der Waals surface area (Å²) >= 11 is 0. The molecule has 0 saturated heterocycles. The predicted molar refractivity (Wildman–Crippen MR) is 86.0 cm³/mol. The van der Waals surface area contributed by atoms with E-state index < -0.39 is 0 Å². The topological polar surface area (TPSA) is 43.8 Å². The van der Waals surface area contributed by atoms with E-state index in [1.165, 1.54) is 63.6 Å². The molecule has 114 valence electrons. The van der Waals surface area contributed by atoms with Crippen molar-refractivity contribution >= 4 is 5.82 Å². The molecule has 0 saturated carbocycles. The van der Waals surface area contributed by atoms with Gasteiger partial charge in [-0.25, -0.2) is 4.98 Å². The van der Waals surface area contributed by atoms with Gasteiger partial charge >= 0.3 is 0 Å². The number of nitrogens with zero attached hydrogens (tertiary/aromatic N) is 2. The van der Waals surface area contributed by atoms with E-state index in [2.05, 4.69) is 18.4 Å². The van der Waals surface area contributed by atoms with Gasteiger partial charge in [0.2, 0.25) is 0 Å². The summed E-state index contributed by atoms with van der Waals surface area (Å²) in [5.41, 5.74) is 7.42. The van der Waals surface area contributed by atoms with Crippen molar-refractivity contribution in [1.82, 2.24) is 9.55 Å². The van der Waals surface area contributed by atoms with Crippen molar-refractivity contribution < 1.29 is 0 Å². The van der Waals surface area contributed by atoms with Crippen LogP contribution in [0, 0.1) is 0 Å². The molecule has 0 aromatic carbocycles. The minimum absolute atomic E-state index is 0.578. The van der Waals surface area contributed by atoms with Gasteiger partial charge in [-0.1, -0.05) is 52.4 Å². The Bertz CT molecular complexity index is 409. The second kappa shape index (κ2) is 7.70. The Morgan fingerprint density at radius 3 is 2.55 bits per heavy atom. The molecule has 2 N–H and O–H groups in total. The molecule has 20 heavy (non-hydrogen) atoms. The number of aromatic nitrogens is 2. The lowest BCUT2D eigenvalue weighted by atomic mass is 10.0. The number of rotatable bonds is 8. The molecule has 1 aromatic heterocycles. The fraction of sp³-hybridized carbons (Fsp3) is 0.824. The monoisotopic (exact) mass is 277 g/mol. The lowest BCUT2D eigenvalue weighted by molar-refractivity contribution is 0.467. The Kier molecular flexibility index (Phi) is 5.93. The third-order valence-corrected chi connectivity index (χ3v) is 4.59. The molecule has 1 atom stereocenters. The minimum atomic E-state index is 0.578. The van der Waals surface area contributed by atoms with Crippen LogP contribution in [0.2, 0.25) is 0 Å². The third-order valence-electron chi connectivity index (χ3n) is 4.59. The molecule has 1 aliphatic heterocycles. The second-order valence-electron chi connectivity index (χ2n) is 6.37. The molecule has 0 spiro atoms. The van der Waals surface area contributed by atoms with E-state index in [1.807, 2.05) is 0 Å². The summed E-state index contributed by atoms with van der Waals surface area (Å²) in [6, 6.07) is 0. The highest BCUT2D eigenvalue weighted by atomic mass is 15.2. The Hall–Kier alpha value is -0.990. The van der Waals surface area contributed by atoms with Gasteiger partial charge in [-0.2, -0.15) is 0 Å². The molecular weight excluding hydrogens is 246 g/mol. The molecule has 1 unspecified atom stereocenters. The van der Waals surface area contributed by atoms with Crippen molar-refractivity contribution in [3.63, 3.8) is 0 Å². The van der Waals surface area contributed by atoms with Gasteiger partial charge in [-0.15, -0.1) is 0 Å². The van der Waals surface area contributed by atoms with Gasteiger partial charge in [0.1, 0.15) is 11.6 Å². The van der Waals surface area contributed by atoms with Crippen LogP contribution in [0.15, 0.2) is 0 Å². The van der Waals surface area contributed by atoms with Crippen LogP contribution in [0.1, 0.15) is 89.1 Å². The van der Waals surface area contributed by atoms with Crippen molar-refractivity contribution in [3.8, 4) is 0 Å². The van der Waals surface area contributed by atoms with Crippen LogP contribution < -0.4 is 5.73 Å². The van der Waals surface area contributed by atoms with Crippen molar-refractivity contribution in [1.29, 1.82) is 0 Å². The zero-order chi connectivity index (χ0) is 14.4. The Morgan fingerprint density at radius 2 is 1.85 bits per heavy atom. The molecule has 3 nitrogen and oxygen atoms in total. The first kappa shape index (κ1) is 15.4. The molecule has 1 aliphatic rings. The van der Waals surface area contributed by atoms with E-state index in [1.54, 1.807) is 0 Å². The second-order valence-corrected chi connectivity index (χ2v) is 6.37. The van der Waals surface area contributed by atoms with E-state index in [9.17, 15) is 0 Å². The van der Waals surface area contributed by atoms with Gasteiger partial charge in [-0.3, -0.25) is 0 Å². The van der Waals surface area contributed by atoms with Crippen LogP contribution in [0.4, 0.5) is 5.82 Å². The highest BCUT2D eigenvalue weighted by molar-refractivity contribution is 5.39. The largest absolute Gasteiger partial charge is 0.384 e.